The number of allylic oxidation sites excluding steroid dienone is 1. The lowest BCUT2D eigenvalue weighted by molar-refractivity contribution is 0.794. The van der Waals surface area contributed by atoms with Crippen molar-refractivity contribution in [3.8, 4) is 67.5 Å². The second kappa shape index (κ2) is 12.4. The predicted molar refractivity (Wildman–Crippen MR) is 233 cm³/mol. The quantitative estimate of drug-likeness (QED) is 0.181. The van der Waals surface area contributed by atoms with Gasteiger partial charge < -0.3 is 0 Å². The first-order valence-electron chi connectivity index (χ1n) is 19.9. The third-order valence-corrected chi connectivity index (χ3v) is 12.4. The van der Waals surface area contributed by atoms with E-state index < -0.39 is 5.41 Å². The van der Waals surface area contributed by atoms with Crippen LogP contribution in [-0.2, 0) is 11.8 Å². The molecule has 0 aliphatic heterocycles. The molecule has 266 valence electrons. The van der Waals surface area contributed by atoms with Crippen molar-refractivity contribution in [3.63, 3.8) is 0 Å². The molecule has 0 N–H and O–H groups in total. The maximum absolute atomic E-state index is 5.42. The highest BCUT2D eigenvalue weighted by atomic mass is 15.0. The first kappa shape index (κ1) is 32.1. The van der Waals surface area contributed by atoms with Crippen LogP contribution in [0.4, 0.5) is 0 Å². The number of aromatic nitrogens is 3. The van der Waals surface area contributed by atoms with Crippen molar-refractivity contribution in [1.82, 2.24) is 15.0 Å². The summed E-state index contributed by atoms with van der Waals surface area (Å²) >= 11 is 0. The van der Waals surface area contributed by atoms with Crippen molar-refractivity contribution in [1.29, 1.82) is 0 Å². The Bertz CT molecular complexity index is 3020. The van der Waals surface area contributed by atoms with Gasteiger partial charge in [0, 0.05) is 22.3 Å². The molecule has 1 aromatic heterocycles. The summed E-state index contributed by atoms with van der Waals surface area (Å²) in [7, 11) is 0. The number of hydrogen-bond acceptors (Lipinski definition) is 3. The van der Waals surface area contributed by atoms with Crippen LogP contribution in [-0.4, -0.2) is 15.0 Å². The smallest absolute Gasteiger partial charge is 0.165 e. The van der Waals surface area contributed by atoms with Crippen molar-refractivity contribution < 1.29 is 0 Å². The van der Waals surface area contributed by atoms with E-state index in [4.69, 9.17) is 15.0 Å². The lowest BCUT2D eigenvalue weighted by Gasteiger charge is -2.30. The maximum Gasteiger partial charge on any atom is 0.165 e. The molecule has 8 aromatic carbocycles. The van der Waals surface area contributed by atoms with Crippen LogP contribution < -0.4 is 0 Å². The Kier molecular flexibility index (Phi) is 6.97. The molecule has 9 aromatic rings. The van der Waals surface area contributed by atoms with Gasteiger partial charge in [-0.25, -0.2) is 15.0 Å². The zero-order valence-corrected chi connectivity index (χ0v) is 31.2. The van der Waals surface area contributed by atoms with E-state index in [1.54, 1.807) is 0 Å². The standard InChI is InChI=1S/C54H35N3/c1-3-18-34(19-4-1)51-55-52(35-20-5-2-6-21-35)57-53(56-51)50-41-27-10-8-23-37(41)36-22-7-9-26-40(36)49(50)43-29-17-33-47-48(43)42-28-13-16-32-46(42)54(47)44-30-14-11-24-38(44)39-25-12-15-31-45(39)54/h1-9,11-26,28-33H,10,27H2. The molecule has 3 nitrogen and oxygen atoms in total. The summed E-state index contributed by atoms with van der Waals surface area (Å²) in [5.41, 5.74) is 18.0. The van der Waals surface area contributed by atoms with Gasteiger partial charge in [0.15, 0.2) is 17.5 Å². The van der Waals surface area contributed by atoms with Gasteiger partial charge in [-0.2, -0.15) is 0 Å². The van der Waals surface area contributed by atoms with Gasteiger partial charge in [0.05, 0.1) is 5.41 Å². The Balaban J connectivity index is 1.23. The lowest BCUT2D eigenvalue weighted by Crippen LogP contribution is -2.25. The molecule has 0 atom stereocenters. The zero-order valence-electron chi connectivity index (χ0n) is 31.2. The van der Waals surface area contributed by atoms with Gasteiger partial charge in [-0.3, -0.25) is 0 Å². The van der Waals surface area contributed by atoms with Crippen LogP contribution in [0.1, 0.15) is 39.8 Å². The van der Waals surface area contributed by atoms with Crippen LogP contribution in [0.5, 0.6) is 0 Å². The topological polar surface area (TPSA) is 38.7 Å². The summed E-state index contributed by atoms with van der Waals surface area (Å²) < 4.78 is 0. The molecule has 0 amide bonds. The predicted octanol–water partition coefficient (Wildman–Crippen LogP) is 13.0. The fraction of sp³-hybridized carbons (Fsp3) is 0.0556. The van der Waals surface area contributed by atoms with E-state index in [0.717, 1.165) is 29.5 Å². The van der Waals surface area contributed by atoms with Crippen molar-refractivity contribution in [2.75, 3.05) is 0 Å². The van der Waals surface area contributed by atoms with Crippen molar-refractivity contribution in [2.24, 2.45) is 0 Å². The van der Waals surface area contributed by atoms with Crippen LogP contribution in [0.15, 0.2) is 182 Å². The third-order valence-electron chi connectivity index (χ3n) is 12.4. The van der Waals surface area contributed by atoms with E-state index in [-0.39, 0.29) is 0 Å². The fourth-order valence-electron chi connectivity index (χ4n) is 10.2. The molecule has 3 aliphatic rings. The molecule has 0 bridgehead atoms. The molecule has 1 heterocycles. The van der Waals surface area contributed by atoms with E-state index in [1.165, 1.54) is 77.5 Å². The Hall–Kier alpha value is -7.23. The summed E-state index contributed by atoms with van der Waals surface area (Å²) in [6.07, 6.45) is 6.47. The minimum absolute atomic E-state index is 0.448. The number of hydrogen-bond donors (Lipinski definition) is 0. The van der Waals surface area contributed by atoms with E-state index in [0.29, 0.717) is 17.5 Å². The van der Waals surface area contributed by atoms with E-state index in [2.05, 4.69) is 176 Å². The first-order valence-corrected chi connectivity index (χ1v) is 19.9. The van der Waals surface area contributed by atoms with Gasteiger partial charge in [-0.05, 0) is 84.8 Å². The summed E-state index contributed by atoms with van der Waals surface area (Å²) in [4.78, 5) is 16.0. The Morgan fingerprint density at radius 2 is 0.860 bits per heavy atom. The second-order valence-electron chi connectivity index (χ2n) is 15.3. The average Bonchev–Trinajstić information content (AvgIpc) is 3.77. The summed E-state index contributed by atoms with van der Waals surface area (Å²) in [5, 5.41) is 2.44. The van der Waals surface area contributed by atoms with Gasteiger partial charge >= 0.3 is 0 Å². The van der Waals surface area contributed by atoms with Crippen LogP contribution in [0.25, 0.3) is 84.4 Å². The largest absolute Gasteiger partial charge is 0.208 e. The normalized spacial score (nSPS) is 13.9. The Labute approximate surface area is 331 Å². The van der Waals surface area contributed by atoms with Crippen molar-refractivity contribution in [2.45, 2.75) is 18.3 Å². The fourth-order valence-corrected chi connectivity index (χ4v) is 10.2. The number of nitrogens with zero attached hydrogens (tertiary/aromatic N) is 3. The summed E-state index contributed by atoms with van der Waals surface area (Å²) in [6.45, 7) is 0. The molecule has 3 heteroatoms. The van der Waals surface area contributed by atoms with Crippen LogP contribution >= 0.6 is 0 Å². The van der Waals surface area contributed by atoms with Crippen molar-refractivity contribution in [3.05, 3.63) is 215 Å². The van der Waals surface area contributed by atoms with Crippen LogP contribution in [0.3, 0.4) is 0 Å². The van der Waals surface area contributed by atoms with Crippen molar-refractivity contribution >= 4 is 16.8 Å². The van der Waals surface area contributed by atoms with E-state index in [9.17, 15) is 0 Å². The number of fused-ring (bicyclic) bond motifs is 13. The average molecular weight is 726 g/mol. The Morgan fingerprint density at radius 1 is 0.368 bits per heavy atom. The van der Waals surface area contributed by atoms with E-state index in [1.807, 2.05) is 12.1 Å². The monoisotopic (exact) mass is 725 g/mol. The van der Waals surface area contributed by atoms with Gasteiger partial charge in [-0.1, -0.05) is 188 Å². The lowest BCUT2D eigenvalue weighted by atomic mass is 9.70. The highest BCUT2D eigenvalue weighted by Crippen LogP contribution is 2.64. The van der Waals surface area contributed by atoms with Crippen LogP contribution in [0.2, 0.25) is 0 Å². The molecule has 1 spiro atoms. The molecule has 0 unspecified atom stereocenters. The SMILES string of the molecule is C1=Cc2c(c(-c3nc(-c4ccccc4)nc(-c4ccccc4)n3)c(-c3cccc4c3-c3ccccc3C43c4ccccc4-c4ccccc43)c3ccccc23)CC1. The number of rotatable bonds is 4. The van der Waals surface area contributed by atoms with Gasteiger partial charge in [0.2, 0.25) is 0 Å². The van der Waals surface area contributed by atoms with Gasteiger partial charge in [0.1, 0.15) is 0 Å². The minimum atomic E-state index is -0.448. The molecule has 12 rings (SSSR count). The minimum Gasteiger partial charge on any atom is -0.208 e. The molecule has 0 saturated carbocycles. The molecule has 0 saturated heterocycles. The second-order valence-corrected chi connectivity index (χ2v) is 15.3. The number of benzene rings is 8. The Morgan fingerprint density at radius 3 is 1.51 bits per heavy atom. The highest BCUT2D eigenvalue weighted by molar-refractivity contribution is 6.13. The molecule has 0 radical (unpaired) electrons. The first-order chi connectivity index (χ1) is 28.3. The van der Waals surface area contributed by atoms with E-state index >= 15 is 0 Å². The maximum atomic E-state index is 5.42. The van der Waals surface area contributed by atoms with Crippen LogP contribution in [0, 0.1) is 0 Å². The molecule has 0 fully saturated rings. The zero-order chi connectivity index (χ0) is 37.5. The van der Waals surface area contributed by atoms with Gasteiger partial charge in [-0.15, -0.1) is 0 Å². The highest BCUT2D eigenvalue weighted by Gasteiger charge is 2.52. The molecular formula is C54H35N3. The van der Waals surface area contributed by atoms with Gasteiger partial charge in [0.25, 0.3) is 0 Å². The molecule has 3 aliphatic carbocycles. The molecule has 57 heavy (non-hydrogen) atoms. The third kappa shape index (κ3) is 4.51. The summed E-state index contributed by atoms with van der Waals surface area (Å²) in [5.74, 6) is 2.03. The summed E-state index contributed by atoms with van der Waals surface area (Å²) in [6, 6.07) is 63.7. The molecular weight excluding hydrogens is 691 g/mol.